The average Bonchev–Trinajstić information content (AvgIpc) is 2.71. The van der Waals surface area contributed by atoms with Crippen molar-refractivity contribution < 1.29 is 22.7 Å². The summed E-state index contributed by atoms with van der Waals surface area (Å²) in [6, 6.07) is 12.9. The molecule has 152 valence electrons. The van der Waals surface area contributed by atoms with E-state index >= 15 is 0 Å². The third-order valence-corrected chi connectivity index (χ3v) is 5.90. The van der Waals surface area contributed by atoms with Gasteiger partial charge in [0.25, 0.3) is 5.91 Å². The van der Waals surface area contributed by atoms with Crippen molar-refractivity contribution in [1.29, 1.82) is 0 Å². The average molecular weight is 407 g/mol. The molecule has 0 bridgehead atoms. The van der Waals surface area contributed by atoms with Crippen molar-refractivity contribution in [3.63, 3.8) is 0 Å². The molecule has 28 heavy (non-hydrogen) atoms. The Morgan fingerprint density at radius 2 is 1.64 bits per heavy atom. The Balaban J connectivity index is 1.95. The number of nitrogens with one attached hydrogen (secondary N) is 1. The summed E-state index contributed by atoms with van der Waals surface area (Å²) in [6.07, 6.45) is 0.699. The molecule has 0 heterocycles. The normalized spacial score (nSPS) is 12.3. The predicted octanol–water partition coefficient (Wildman–Crippen LogP) is 2.81. The van der Waals surface area contributed by atoms with Gasteiger partial charge in [-0.3, -0.25) is 4.79 Å². The summed E-state index contributed by atoms with van der Waals surface area (Å²) >= 11 is 0. The van der Waals surface area contributed by atoms with Crippen LogP contribution in [0, 0.1) is 0 Å². The zero-order valence-electron chi connectivity index (χ0n) is 16.5. The summed E-state index contributed by atoms with van der Waals surface area (Å²) in [5, 5.41) is 0. The maximum Gasteiger partial charge on any atom is 0.264 e. The van der Waals surface area contributed by atoms with E-state index in [1.54, 1.807) is 45.3 Å². The van der Waals surface area contributed by atoms with Crippen molar-refractivity contribution in [2.75, 3.05) is 25.7 Å². The Bertz CT molecular complexity index is 880. The van der Waals surface area contributed by atoms with Crippen molar-refractivity contribution in [2.24, 2.45) is 0 Å². The van der Waals surface area contributed by atoms with Crippen LogP contribution in [0.2, 0.25) is 0 Å². The van der Waals surface area contributed by atoms with Crippen LogP contribution in [-0.2, 0) is 14.8 Å². The van der Waals surface area contributed by atoms with Crippen LogP contribution in [0.25, 0.3) is 0 Å². The first-order valence-corrected chi connectivity index (χ1v) is 10.4. The number of nitrogens with zero attached hydrogens (tertiary/aromatic N) is 1. The highest BCUT2D eigenvalue weighted by Gasteiger charge is 2.17. The Hall–Kier alpha value is -2.58. The molecule has 0 aliphatic rings. The van der Waals surface area contributed by atoms with Gasteiger partial charge in [0.1, 0.15) is 11.5 Å². The second kappa shape index (κ2) is 9.57. The van der Waals surface area contributed by atoms with E-state index in [2.05, 4.69) is 4.72 Å². The molecule has 0 aliphatic heterocycles. The van der Waals surface area contributed by atoms with Crippen molar-refractivity contribution in [1.82, 2.24) is 4.72 Å². The number of methoxy groups -OCH3 is 1. The lowest BCUT2D eigenvalue weighted by molar-refractivity contribution is -0.120. The van der Waals surface area contributed by atoms with E-state index in [0.29, 0.717) is 23.6 Å². The third kappa shape index (κ3) is 5.71. The molecule has 1 amide bonds. The maximum absolute atomic E-state index is 12.3. The quantitative estimate of drug-likeness (QED) is 0.692. The molecule has 0 aliphatic carbocycles. The van der Waals surface area contributed by atoms with Gasteiger partial charge < -0.3 is 14.4 Å². The van der Waals surface area contributed by atoms with Gasteiger partial charge in [0.05, 0.1) is 12.0 Å². The zero-order chi connectivity index (χ0) is 20.7. The Morgan fingerprint density at radius 3 is 2.18 bits per heavy atom. The highest BCUT2D eigenvalue weighted by molar-refractivity contribution is 7.89. The van der Waals surface area contributed by atoms with Gasteiger partial charge in [0.15, 0.2) is 6.61 Å². The van der Waals surface area contributed by atoms with Crippen LogP contribution in [0.1, 0.15) is 20.3 Å². The molecule has 0 saturated heterocycles. The molecule has 0 unspecified atom stereocenters. The van der Waals surface area contributed by atoms with Gasteiger partial charge in [-0.1, -0.05) is 6.92 Å². The number of benzene rings is 2. The van der Waals surface area contributed by atoms with Crippen LogP contribution < -0.4 is 19.1 Å². The standard InChI is InChI=1S/C20H26N2O5S/c1-5-15(2)21-28(24,25)19-12-10-18(11-13-19)27-14-20(23)22(3)16-6-8-17(26-4)9-7-16/h6-13,15,21H,5,14H2,1-4H3/t15-/m0/s1. The second-order valence-corrected chi connectivity index (χ2v) is 8.06. The van der Waals surface area contributed by atoms with Crippen LogP contribution >= 0.6 is 0 Å². The van der Waals surface area contributed by atoms with Gasteiger partial charge >= 0.3 is 0 Å². The van der Waals surface area contributed by atoms with E-state index in [0.717, 1.165) is 0 Å². The topological polar surface area (TPSA) is 84.9 Å². The number of anilines is 1. The van der Waals surface area contributed by atoms with Crippen LogP contribution in [0.4, 0.5) is 5.69 Å². The summed E-state index contributed by atoms with van der Waals surface area (Å²) in [7, 11) is -0.331. The molecule has 7 nitrogen and oxygen atoms in total. The number of amides is 1. The van der Waals surface area contributed by atoms with Crippen molar-refractivity contribution in [3.8, 4) is 11.5 Å². The number of hydrogen-bond acceptors (Lipinski definition) is 5. The number of carbonyl (C=O) groups excluding carboxylic acids is 1. The molecular formula is C20H26N2O5S. The molecular weight excluding hydrogens is 380 g/mol. The van der Waals surface area contributed by atoms with Gasteiger partial charge in [-0.05, 0) is 61.9 Å². The number of likely N-dealkylation sites (N-methyl/N-ethyl adjacent to an activating group) is 1. The zero-order valence-corrected chi connectivity index (χ0v) is 17.3. The number of hydrogen-bond donors (Lipinski definition) is 1. The minimum atomic E-state index is -3.57. The summed E-state index contributed by atoms with van der Waals surface area (Å²) in [4.78, 5) is 14.0. The summed E-state index contributed by atoms with van der Waals surface area (Å²) < 4.78 is 37.7. The summed E-state index contributed by atoms with van der Waals surface area (Å²) in [5.41, 5.74) is 0.715. The fourth-order valence-corrected chi connectivity index (χ4v) is 3.65. The monoisotopic (exact) mass is 406 g/mol. The smallest absolute Gasteiger partial charge is 0.264 e. The molecule has 1 atom stereocenters. The first-order valence-electron chi connectivity index (χ1n) is 8.92. The minimum absolute atomic E-state index is 0.146. The van der Waals surface area contributed by atoms with Crippen molar-refractivity contribution >= 4 is 21.6 Å². The fraction of sp³-hybridized carbons (Fsp3) is 0.350. The van der Waals surface area contributed by atoms with Crippen LogP contribution in [0.15, 0.2) is 53.4 Å². The van der Waals surface area contributed by atoms with Crippen molar-refractivity contribution in [2.45, 2.75) is 31.2 Å². The van der Waals surface area contributed by atoms with E-state index in [9.17, 15) is 13.2 Å². The number of rotatable bonds is 9. The van der Waals surface area contributed by atoms with E-state index in [-0.39, 0.29) is 23.5 Å². The van der Waals surface area contributed by atoms with Crippen LogP contribution in [-0.4, -0.2) is 41.1 Å². The highest BCUT2D eigenvalue weighted by Crippen LogP contribution is 2.19. The maximum atomic E-state index is 12.3. The van der Waals surface area contributed by atoms with E-state index < -0.39 is 10.0 Å². The van der Waals surface area contributed by atoms with E-state index in [1.165, 1.54) is 29.2 Å². The number of carbonyl (C=O) groups is 1. The van der Waals surface area contributed by atoms with E-state index in [1.807, 2.05) is 6.92 Å². The lowest BCUT2D eigenvalue weighted by Gasteiger charge is -2.18. The second-order valence-electron chi connectivity index (χ2n) is 6.34. The lowest BCUT2D eigenvalue weighted by atomic mass is 10.3. The fourth-order valence-electron chi connectivity index (χ4n) is 2.32. The molecule has 8 heteroatoms. The Morgan fingerprint density at radius 1 is 1.07 bits per heavy atom. The minimum Gasteiger partial charge on any atom is -0.497 e. The van der Waals surface area contributed by atoms with Crippen LogP contribution in [0.3, 0.4) is 0 Å². The third-order valence-electron chi connectivity index (χ3n) is 4.30. The van der Waals surface area contributed by atoms with E-state index in [4.69, 9.17) is 9.47 Å². The van der Waals surface area contributed by atoms with Gasteiger partial charge in [0.2, 0.25) is 10.0 Å². The van der Waals surface area contributed by atoms with Gasteiger partial charge in [0, 0.05) is 18.8 Å². The van der Waals surface area contributed by atoms with Crippen molar-refractivity contribution in [3.05, 3.63) is 48.5 Å². The molecule has 0 radical (unpaired) electrons. The molecule has 2 aromatic rings. The first-order chi connectivity index (χ1) is 13.3. The first kappa shape index (κ1) is 21.7. The highest BCUT2D eigenvalue weighted by atomic mass is 32.2. The molecule has 0 aromatic heterocycles. The summed E-state index contributed by atoms with van der Waals surface area (Å²) in [5.74, 6) is 0.887. The number of sulfonamides is 1. The van der Waals surface area contributed by atoms with Crippen LogP contribution in [0.5, 0.6) is 11.5 Å². The molecule has 2 aromatic carbocycles. The Kier molecular flexibility index (Phi) is 7.42. The summed E-state index contributed by atoms with van der Waals surface area (Å²) in [6.45, 7) is 3.55. The number of ether oxygens (including phenoxy) is 2. The molecule has 0 saturated carbocycles. The predicted molar refractivity (Wildman–Crippen MR) is 108 cm³/mol. The molecule has 2 rings (SSSR count). The largest absolute Gasteiger partial charge is 0.497 e. The lowest BCUT2D eigenvalue weighted by Crippen LogP contribution is -2.32. The van der Waals surface area contributed by atoms with Gasteiger partial charge in [-0.2, -0.15) is 0 Å². The Labute approximate surface area is 166 Å². The molecule has 1 N–H and O–H groups in total. The molecule has 0 fully saturated rings. The van der Waals surface area contributed by atoms with Gasteiger partial charge in [-0.15, -0.1) is 0 Å². The molecule has 0 spiro atoms. The van der Waals surface area contributed by atoms with Gasteiger partial charge in [-0.25, -0.2) is 13.1 Å². The SMILES string of the molecule is CC[C@H](C)NS(=O)(=O)c1ccc(OCC(=O)N(C)c2ccc(OC)cc2)cc1.